The lowest BCUT2D eigenvalue weighted by atomic mass is 9.96. The van der Waals surface area contributed by atoms with Crippen molar-refractivity contribution in [1.82, 2.24) is 14.8 Å². The van der Waals surface area contributed by atoms with Crippen molar-refractivity contribution >= 4 is 0 Å². The summed E-state index contributed by atoms with van der Waals surface area (Å²) in [7, 11) is 0. The SMILES string of the molecule is CCCC(C)(N)c1nnc(C)n1-c1ccccc1. The summed E-state index contributed by atoms with van der Waals surface area (Å²) in [5.74, 6) is 1.69. The number of rotatable bonds is 4. The van der Waals surface area contributed by atoms with Gasteiger partial charge in [-0.25, -0.2) is 0 Å². The molecule has 2 N–H and O–H groups in total. The van der Waals surface area contributed by atoms with Gasteiger partial charge < -0.3 is 5.73 Å². The molecule has 0 aliphatic rings. The second kappa shape index (κ2) is 4.90. The van der Waals surface area contributed by atoms with E-state index in [1.165, 1.54) is 0 Å². The fraction of sp³-hybridized carbons (Fsp3) is 0.429. The molecule has 0 bridgehead atoms. The van der Waals surface area contributed by atoms with E-state index in [2.05, 4.69) is 17.1 Å². The fourth-order valence-electron chi connectivity index (χ4n) is 2.25. The maximum atomic E-state index is 6.38. The molecule has 4 heteroatoms. The van der Waals surface area contributed by atoms with Crippen LogP contribution in [0.2, 0.25) is 0 Å². The molecular weight excluding hydrogens is 224 g/mol. The molecule has 0 radical (unpaired) electrons. The second-order valence-electron chi connectivity index (χ2n) is 4.91. The molecule has 0 aliphatic carbocycles. The third-order valence-electron chi connectivity index (χ3n) is 3.12. The van der Waals surface area contributed by atoms with E-state index in [0.29, 0.717) is 0 Å². The summed E-state index contributed by atoms with van der Waals surface area (Å²) < 4.78 is 2.04. The van der Waals surface area contributed by atoms with E-state index in [1.807, 2.05) is 48.7 Å². The van der Waals surface area contributed by atoms with E-state index < -0.39 is 5.54 Å². The van der Waals surface area contributed by atoms with Crippen LogP contribution in [0.3, 0.4) is 0 Å². The highest BCUT2D eigenvalue weighted by Crippen LogP contribution is 2.24. The van der Waals surface area contributed by atoms with E-state index in [0.717, 1.165) is 30.2 Å². The molecule has 2 aromatic rings. The smallest absolute Gasteiger partial charge is 0.157 e. The number of nitrogens with two attached hydrogens (primary N) is 1. The number of hydrogen-bond donors (Lipinski definition) is 1. The van der Waals surface area contributed by atoms with Crippen molar-refractivity contribution in [2.75, 3.05) is 0 Å². The molecule has 0 aliphatic heterocycles. The number of para-hydroxylation sites is 1. The van der Waals surface area contributed by atoms with Gasteiger partial charge in [-0.05, 0) is 32.4 Å². The Morgan fingerprint density at radius 1 is 1.22 bits per heavy atom. The minimum Gasteiger partial charge on any atom is -0.319 e. The Kier molecular flexibility index (Phi) is 3.48. The van der Waals surface area contributed by atoms with Crippen molar-refractivity contribution in [3.63, 3.8) is 0 Å². The van der Waals surface area contributed by atoms with Gasteiger partial charge in [-0.15, -0.1) is 10.2 Å². The van der Waals surface area contributed by atoms with Gasteiger partial charge in [-0.3, -0.25) is 4.57 Å². The Morgan fingerprint density at radius 2 is 1.89 bits per heavy atom. The fourth-order valence-corrected chi connectivity index (χ4v) is 2.25. The topological polar surface area (TPSA) is 56.7 Å². The van der Waals surface area contributed by atoms with Crippen LogP contribution in [0.15, 0.2) is 30.3 Å². The quantitative estimate of drug-likeness (QED) is 0.899. The lowest BCUT2D eigenvalue weighted by Gasteiger charge is -2.24. The van der Waals surface area contributed by atoms with E-state index in [-0.39, 0.29) is 0 Å². The number of hydrogen-bond acceptors (Lipinski definition) is 3. The molecule has 1 atom stereocenters. The average Bonchev–Trinajstić information content (AvgIpc) is 2.73. The molecule has 0 spiro atoms. The highest BCUT2D eigenvalue weighted by Gasteiger charge is 2.28. The molecule has 1 aromatic carbocycles. The van der Waals surface area contributed by atoms with Crippen molar-refractivity contribution in [3.05, 3.63) is 42.0 Å². The van der Waals surface area contributed by atoms with Crippen LogP contribution < -0.4 is 5.73 Å². The third-order valence-corrected chi connectivity index (χ3v) is 3.12. The normalized spacial score (nSPS) is 14.4. The van der Waals surface area contributed by atoms with Crippen molar-refractivity contribution in [2.45, 2.75) is 39.2 Å². The lowest BCUT2D eigenvalue weighted by Crippen LogP contribution is -2.36. The first-order valence-corrected chi connectivity index (χ1v) is 6.33. The standard InChI is InChI=1S/C14H20N4/c1-4-10-14(3,15)13-17-16-11(2)18(13)12-8-6-5-7-9-12/h5-9H,4,10,15H2,1-3H3. The number of nitrogens with zero attached hydrogens (tertiary/aromatic N) is 3. The summed E-state index contributed by atoms with van der Waals surface area (Å²) in [6.07, 6.45) is 1.91. The highest BCUT2D eigenvalue weighted by atomic mass is 15.3. The van der Waals surface area contributed by atoms with Gasteiger partial charge in [-0.1, -0.05) is 31.5 Å². The van der Waals surface area contributed by atoms with Crippen LogP contribution in [0, 0.1) is 6.92 Å². The molecular formula is C14H20N4. The van der Waals surface area contributed by atoms with Crippen LogP contribution in [0.25, 0.3) is 5.69 Å². The zero-order valence-electron chi connectivity index (χ0n) is 11.2. The van der Waals surface area contributed by atoms with Crippen LogP contribution in [0.1, 0.15) is 38.3 Å². The number of aryl methyl sites for hydroxylation is 1. The predicted molar refractivity (Wildman–Crippen MR) is 72.5 cm³/mol. The average molecular weight is 244 g/mol. The van der Waals surface area contributed by atoms with Crippen LogP contribution in [0.5, 0.6) is 0 Å². The Hall–Kier alpha value is -1.68. The Morgan fingerprint density at radius 3 is 2.50 bits per heavy atom. The number of aromatic nitrogens is 3. The molecule has 1 unspecified atom stereocenters. The van der Waals surface area contributed by atoms with Gasteiger partial charge in [0.25, 0.3) is 0 Å². The van der Waals surface area contributed by atoms with Gasteiger partial charge in [0.05, 0.1) is 5.54 Å². The summed E-state index contributed by atoms with van der Waals surface area (Å²) in [4.78, 5) is 0. The molecule has 0 fully saturated rings. The van der Waals surface area contributed by atoms with Gasteiger partial charge in [0.15, 0.2) is 5.82 Å². The molecule has 0 amide bonds. The van der Waals surface area contributed by atoms with E-state index in [4.69, 9.17) is 5.73 Å². The molecule has 18 heavy (non-hydrogen) atoms. The first kappa shape index (κ1) is 12.8. The Labute approximate surface area is 108 Å². The molecule has 1 aromatic heterocycles. The van der Waals surface area contributed by atoms with Crippen LogP contribution >= 0.6 is 0 Å². The van der Waals surface area contributed by atoms with Crippen LogP contribution in [-0.4, -0.2) is 14.8 Å². The molecule has 1 heterocycles. The van der Waals surface area contributed by atoms with Gasteiger partial charge in [0, 0.05) is 5.69 Å². The third kappa shape index (κ3) is 2.29. The molecule has 0 saturated carbocycles. The summed E-state index contributed by atoms with van der Waals surface area (Å²) in [6.45, 7) is 6.09. The van der Waals surface area contributed by atoms with E-state index >= 15 is 0 Å². The van der Waals surface area contributed by atoms with E-state index in [1.54, 1.807) is 0 Å². The largest absolute Gasteiger partial charge is 0.319 e. The summed E-state index contributed by atoms with van der Waals surface area (Å²) in [6, 6.07) is 10.1. The maximum Gasteiger partial charge on any atom is 0.157 e. The summed E-state index contributed by atoms with van der Waals surface area (Å²) >= 11 is 0. The highest BCUT2D eigenvalue weighted by molar-refractivity contribution is 5.35. The zero-order chi connectivity index (χ0) is 13.2. The zero-order valence-corrected chi connectivity index (χ0v) is 11.2. The van der Waals surface area contributed by atoms with Gasteiger partial charge >= 0.3 is 0 Å². The van der Waals surface area contributed by atoms with Crippen molar-refractivity contribution in [1.29, 1.82) is 0 Å². The Balaban J connectivity index is 2.52. The van der Waals surface area contributed by atoms with Crippen molar-refractivity contribution in [3.8, 4) is 5.69 Å². The summed E-state index contributed by atoms with van der Waals surface area (Å²) in [5.41, 5.74) is 6.98. The van der Waals surface area contributed by atoms with E-state index in [9.17, 15) is 0 Å². The van der Waals surface area contributed by atoms with Gasteiger partial charge in [0.1, 0.15) is 5.82 Å². The van der Waals surface area contributed by atoms with Gasteiger partial charge in [0.2, 0.25) is 0 Å². The van der Waals surface area contributed by atoms with Crippen LogP contribution in [-0.2, 0) is 5.54 Å². The molecule has 96 valence electrons. The second-order valence-corrected chi connectivity index (χ2v) is 4.91. The van der Waals surface area contributed by atoms with Crippen molar-refractivity contribution in [2.24, 2.45) is 5.73 Å². The molecule has 0 saturated heterocycles. The van der Waals surface area contributed by atoms with Crippen molar-refractivity contribution < 1.29 is 0 Å². The minimum atomic E-state index is -0.453. The summed E-state index contributed by atoms with van der Waals surface area (Å²) in [5, 5.41) is 8.44. The number of benzene rings is 1. The lowest BCUT2D eigenvalue weighted by molar-refractivity contribution is 0.412. The molecule has 2 rings (SSSR count). The first-order valence-electron chi connectivity index (χ1n) is 6.33. The first-order chi connectivity index (χ1) is 8.56. The monoisotopic (exact) mass is 244 g/mol. The molecule has 4 nitrogen and oxygen atoms in total. The predicted octanol–water partition coefficient (Wildman–Crippen LogP) is 2.55. The minimum absolute atomic E-state index is 0.453. The Bertz CT molecular complexity index is 514. The van der Waals surface area contributed by atoms with Gasteiger partial charge in [-0.2, -0.15) is 0 Å². The maximum absolute atomic E-state index is 6.38. The van der Waals surface area contributed by atoms with Crippen LogP contribution in [0.4, 0.5) is 0 Å².